The van der Waals surface area contributed by atoms with Crippen LogP contribution in [0.5, 0.6) is 5.88 Å². The molecular weight excluding hydrogens is 134 g/mol. The first-order chi connectivity index (χ1) is 4.84. The van der Waals surface area contributed by atoms with Gasteiger partial charge in [0.25, 0.3) is 5.88 Å². The summed E-state index contributed by atoms with van der Waals surface area (Å²) in [7, 11) is 0. The van der Waals surface area contributed by atoms with Crippen molar-refractivity contribution in [1.29, 1.82) is 0 Å². The number of nitrogens with zero attached hydrogens (tertiary/aromatic N) is 1. The van der Waals surface area contributed by atoms with Gasteiger partial charge in [-0.05, 0) is 11.6 Å². The third-order valence-corrected chi connectivity index (χ3v) is 1.12. The van der Waals surface area contributed by atoms with Gasteiger partial charge in [0.05, 0.1) is 5.56 Å². The van der Waals surface area contributed by atoms with Crippen molar-refractivity contribution >= 4 is 6.29 Å². The van der Waals surface area contributed by atoms with Crippen molar-refractivity contribution in [2.24, 2.45) is 0 Å². The quantitative estimate of drug-likeness (QED) is 0.660. The lowest BCUT2D eigenvalue weighted by molar-refractivity contribution is 0.359. The van der Waals surface area contributed by atoms with Crippen LogP contribution in [0.2, 0.25) is 0 Å². The zero-order chi connectivity index (χ0) is 7.40. The van der Waals surface area contributed by atoms with E-state index in [0.29, 0.717) is 12.0 Å². The molecule has 0 bridgehead atoms. The van der Waals surface area contributed by atoms with Gasteiger partial charge >= 0.3 is 0 Å². The smallest absolute Gasteiger partial charge is 0.254 e. The van der Waals surface area contributed by atoms with Gasteiger partial charge in [-0.1, -0.05) is 0 Å². The molecule has 0 spiro atoms. The summed E-state index contributed by atoms with van der Waals surface area (Å²) in [5.41, 5.74) is 0.545. The van der Waals surface area contributed by atoms with Gasteiger partial charge in [-0.2, -0.15) is 0 Å². The van der Waals surface area contributed by atoms with Crippen LogP contribution in [-0.4, -0.2) is 16.5 Å². The summed E-state index contributed by atoms with van der Waals surface area (Å²) in [5, 5.41) is 12.1. The van der Waals surface area contributed by atoms with E-state index in [-0.39, 0.29) is 12.3 Å². The molecule has 1 aromatic rings. The topological polar surface area (TPSA) is 63.3 Å². The Hall–Kier alpha value is -1.32. The van der Waals surface area contributed by atoms with E-state index in [4.69, 9.17) is 5.11 Å². The Bertz CT molecular complexity index is 219. The summed E-state index contributed by atoms with van der Waals surface area (Å²) in [6, 6.07) is 0. The van der Waals surface area contributed by atoms with Crippen LogP contribution in [0.1, 0.15) is 12.0 Å². The number of aryl methyl sites for hydroxylation is 1. The molecule has 0 aliphatic rings. The second-order valence-corrected chi connectivity index (χ2v) is 1.81. The number of rotatable bonds is 3. The van der Waals surface area contributed by atoms with E-state index >= 15 is 0 Å². The maximum absolute atomic E-state index is 9.75. The molecule has 0 aliphatic carbocycles. The predicted octanol–water partition coefficient (Wildman–Crippen LogP) is 0.422. The zero-order valence-electron chi connectivity index (χ0n) is 5.20. The van der Waals surface area contributed by atoms with Crippen LogP contribution in [0.15, 0.2) is 10.8 Å². The SMILES string of the molecule is O=[C]CCc1conc1O. The standard InChI is InChI=1S/C6H6NO3/c8-3-1-2-5-4-10-7-6(5)9/h4H,1-2H2,(H,7,9). The molecule has 0 atom stereocenters. The summed E-state index contributed by atoms with van der Waals surface area (Å²) < 4.78 is 4.41. The van der Waals surface area contributed by atoms with Crippen molar-refractivity contribution in [3.05, 3.63) is 11.8 Å². The van der Waals surface area contributed by atoms with E-state index in [1.54, 1.807) is 6.29 Å². The highest BCUT2D eigenvalue weighted by molar-refractivity contribution is 5.51. The molecule has 10 heavy (non-hydrogen) atoms. The highest BCUT2D eigenvalue weighted by Gasteiger charge is 2.03. The Morgan fingerprint density at radius 3 is 3.10 bits per heavy atom. The summed E-state index contributed by atoms with van der Waals surface area (Å²) in [6.07, 6.45) is 3.70. The average molecular weight is 140 g/mol. The van der Waals surface area contributed by atoms with Gasteiger partial charge in [0.1, 0.15) is 6.26 Å². The second-order valence-electron chi connectivity index (χ2n) is 1.81. The molecule has 1 rings (SSSR count). The van der Waals surface area contributed by atoms with E-state index in [0.717, 1.165) is 0 Å². The molecule has 1 heterocycles. The Morgan fingerprint density at radius 2 is 2.60 bits per heavy atom. The lowest BCUT2D eigenvalue weighted by atomic mass is 10.2. The Labute approximate surface area is 57.4 Å². The van der Waals surface area contributed by atoms with Crippen molar-refractivity contribution in [2.75, 3.05) is 0 Å². The normalized spacial score (nSPS) is 9.60. The minimum Gasteiger partial charge on any atom is -0.491 e. The Morgan fingerprint density at radius 1 is 1.80 bits per heavy atom. The predicted molar refractivity (Wildman–Crippen MR) is 32.2 cm³/mol. The van der Waals surface area contributed by atoms with E-state index in [9.17, 15) is 4.79 Å². The Kier molecular flexibility index (Phi) is 2.04. The molecule has 1 aromatic heterocycles. The number of aromatic nitrogens is 1. The summed E-state index contributed by atoms with van der Waals surface area (Å²) >= 11 is 0. The van der Waals surface area contributed by atoms with E-state index in [1.165, 1.54) is 6.26 Å². The largest absolute Gasteiger partial charge is 0.491 e. The lowest BCUT2D eigenvalue weighted by Crippen LogP contribution is -1.82. The fourth-order valence-electron chi connectivity index (χ4n) is 0.608. The molecular formula is C6H6NO3. The molecule has 0 amide bonds. The van der Waals surface area contributed by atoms with Crippen LogP contribution < -0.4 is 0 Å². The first kappa shape index (κ1) is 6.80. The monoisotopic (exact) mass is 140 g/mol. The molecule has 0 saturated heterocycles. The lowest BCUT2D eigenvalue weighted by Gasteiger charge is -1.86. The maximum Gasteiger partial charge on any atom is 0.254 e. The third-order valence-electron chi connectivity index (χ3n) is 1.12. The number of hydrogen-bond acceptors (Lipinski definition) is 4. The van der Waals surface area contributed by atoms with Gasteiger partial charge in [-0.15, -0.1) is 0 Å². The van der Waals surface area contributed by atoms with Crippen LogP contribution >= 0.6 is 0 Å². The maximum atomic E-state index is 9.75. The third kappa shape index (κ3) is 1.34. The highest BCUT2D eigenvalue weighted by Crippen LogP contribution is 2.14. The summed E-state index contributed by atoms with van der Waals surface area (Å²) in [6.45, 7) is 0. The van der Waals surface area contributed by atoms with Crippen LogP contribution in [0.3, 0.4) is 0 Å². The van der Waals surface area contributed by atoms with Gasteiger partial charge < -0.3 is 9.63 Å². The molecule has 0 saturated carbocycles. The zero-order valence-corrected chi connectivity index (χ0v) is 5.20. The molecule has 0 unspecified atom stereocenters. The highest BCUT2D eigenvalue weighted by atomic mass is 16.5. The van der Waals surface area contributed by atoms with E-state index < -0.39 is 0 Å². The van der Waals surface area contributed by atoms with Gasteiger partial charge in [-0.3, -0.25) is 4.79 Å². The molecule has 0 aromatic carbocycles. The minimum atomic E-state index is -0.143. The van der Waals surface area contributed by atoms with Gasteiger partial charge in [0.15, 0.2) is 6.29 Å². The molecule has 0 aliphatic heterocycles. The molecule has 4 nitrogen and oxygen atoms in total. The van der Waals surface area contributed by atoms with E-state index in [2.05, 4.69) is 9.68 Å². The number of aromatic hydroxyl groups is 1. The summed E-state index contributed by atoms with van der Waals surface area (Å²) in [5.74, 6) is -0.143. The molecule has 53 valence electrons. The van der Waals surface area contributed by atoms with Crippen molar-refractivity contribution in [3.8, 4) is 5.88 Å². The van der Waals surface area contributed by atoms with Gasteiger partial charge in [0.2, 0.25) is 0 Å². The summed E-state index contributed by atoms with van der Waals surface area (Å²) in [4.78, 5) is 9.75. The first-order valence-corrected chi connectivity index (χ1v) is 2.82. The Balaban J connectivity index is 2.56. The first-order valence-electron chi connectivity index (χ1n) is 2.82. The minimum absolute atomic E-state index is 0.143. The molecule has 0 fully saturated rings. The number of carbonyl (C=O) groups excluding carboxylic acids is 1. The molecule has 1 N–H and O–H groups in total. The fraction of sp³-hybridized carbons (Fsp3) is 0.333. The van der Waals surface area contributed by atoms with Crippen LogP contribution in [0, 0.1) is 0 Å². The average Bonchev–Trinajstić information content (AvgIpc) is 2.31. The molecule has 4 heteroatoms. The van der Waals surface area contributed by atoms with Crippen molar-refractivity contribution < 1.29 is 14.4 Å². The fourth-order valence-corrected chi connectivity index (χ4v) is 0.608. The van der Waals surface area contributed by atoms with Crippen LogP contribution in [-0.2, 0) is 11.2 Å². The van der Waals surface area contributed by atoms with Crippen LogP contribution in [0.25, 0.3) is 0 Å². The van der Waals surface area contributed by atoms with Crippen LogP contribution in [0.4, 0.5) is 0 Å². The van der Waals surface area contributed by atoms with Crippen molar-refractivity contribution in [1.82, 2.24) is 5.16 Å². The van der Waals surface area contributed by atoms with Crippen molar-refractivity contribution in [3.63, 3.8) is 0 Å². The number of hydrogen-bond donors (Lipinski definition) is 1. The second kappa shape index (κ2) is 3.00. The van der Waals surface area contributed by atoms with Gasteiger partial charge in [-0.25, -0.2) is 0 Å². The van der Waals surface area contributed by atoms with E-state index in [1.807, 2.05) is 0 Å². The molecule has 1 radical (unpaired) electrons. The van der Waals surface area contributed by atoms with Crippen molar-refractivity contribution in [2.45, 2.75) is 12.8 Å². The van der Waals surface area contributed by atoms with Gasteiger partial charge in [0, 0.05) is 6.42 Å².